The number of hydrogen-bond acceptors (Lipinski definition) is 4. The SMILES string of the molecule is CC[C@@H](C)NC(=O)[C@@H](C)N(Cc1cccc(Br)c1)C(=O)CN(c1cccc(Cl)c1)S(=O)(=O)c1ccc(Cl)cc1. The highest BCUT2D eigenvalue weighted by Crippen LogP contribution is 2.27. The highest BCUT2D eigenvalue weighted by Gasteiger charge is 2.33. The van der Waals surface area contributed by atoms with Crippen LogP contribution in [0.4, 0.5) is 5.69 Å². The molecule has 208 valence electrons. The zero-order chi connectivity index (χ0) is 28.7. The largest absolute Gasteiger partial charge is 0.352 e. The van der Waals surface area contributed by atoms with Gasteiger partial charge in [-0.15, -0.1) is 0 Å². The van der Waals surface area contributed by atoms with Crippen molar-refractivity contribution in [2.75, 3.05) is 10.8 Å². The highest BCUT2D eigenvalue weighted by molar-refractivity contribution is 9.10. The van der Waals surface area contributed by atoms with Gasteiger partial charge < -0.3 is 10.2 Å². The minimum Gasteiger partial charge on any atom is -0.352 e. The third-order valence-electron chi connectivity index (χ3n) is 6.19. The predicted octanol–water partition coefficient (Wildman–Crippen LogP) is 6.28. The summed E-state index contributed by atoms with van der Waals surface area (Å²) in [6, 6.07) is 18.3. The Morgan fingerprint density at radius 3 is 2.23 bits per heavy atom. The van der Waals surface area contributed by atoms with Crippen molar-refractivity contribution in [2.24, 2.45) is 0 Å². The third-order valence-corrected chi connectivity index (χ3v) is 8.96. The van der Waals surface area contributed by atoms with Crippen molar-refractivity contribution in [1.82, 2.24) is 10.2 Å². The van der Waals surface area contributed by atoms with Crippen LogP contribution in [0.15, 0.2) is 82.2 Å². The Hall–Kier alpha value is -2.59. The number of sulfonamides is 1. The zero-order valence-corrected chi connectivity index (χ0v) is 25.7. The van der Waals surface area contributed by atoms with E-state index in [1.54, 1.807) is 25.1 Å². The molecule has 3 rings (SSSR count). The molecule has 0 aliphatic heterocycles. The number of halogens is 3. The van der Waals surface area contributed by atoms with Crippen molar-refractivity contribution >= 4 is 66.7 Å². The van der Waals surface area contributed by atoms with Crippen LogP contribution in [0, 0.1) is 0 Å². The van der Waals surface area contributed by atoms with Gasteiger partial charge >= 0.3 is 0 Å². The molecule has 0 aromatic heterocycles. The van der Waals surface area contributed by atoms with E-state index in [1.165, 1.54) is 35.2 Å². The number of nitrogens with zero attached hydrogens (tertiary/aromatic N) is 2. The molecule has 0 heterocycles. The van der Waals surface area contributed by atoms with Gasteiger partial charge in [-0.05, 0) is 80.4 Å². The summed E-state index contributed by atoms with van der Waals surface area (Å²) in [5.74, 6) is -0.887. The van der Waals surface area contributed by atoms with E-state index in [1.807, 2.05) is 38.1 Å². The smallest absolute Gasteiger partial charge is 0.264 e. The predicted molar refractivity (Wildman–Crippen MR) is 159 cm³/mol. The first-order valence-electron chi connectivity index (χ1n) is 12.3. The lowest BCUT2D eigenvalue weighted by molar-refractivity contribution is -0.139. The van der Waals surface area contributed by atoms with Crippen LogP contribution in [0.25, 0.3) is 0 Å². The van der Waals surface area contributed by atoms with Crippen molar-refractivity contribution in [3.8, 4) is 0 Å². The van der Waals surface area contributed by atoms with Gasteiger partial charge in [0.25, 0.3) is 10.0 Å². The maximum Gasteiger partial charge on any atom is 0.264 e. The number of rotatable bonds is 11. The lowest BCUT2D eigenvalue weighted by atomic mass is 10.1. The summed E-state index contributed by atoms with van der Waals surface area (Å²) < 4.78 is 29.4. The van der Waals surface area contributed by atoms with Crippen LogP contribution in [0.5, 0.6) is 0 Å². The number of carbonyl (C=O) groups excluding carboxylic acids is 2. The molecule has 2 amide bonds. The molecule has 3 aromatic rings. The van der Waals surface area contributed by atoms with E-state index >= 15 is 0 Å². The van der Waals surface area contributed by atoms with Gasteiger partial charge in [-0.25, -0.2) is 8.42 Å². The lowest BCUT2D eigenvalue weighted by Gasteiger charge is -2.32. The fourth-order valence-corrected chi connectivity index (χ4v) is 5.94. The van der Waals surface area contributed by atoms with E-state index < -0.39 is 28.5 Å². The van der Waals surface area contributed by atoms with Crippen molar-refractivity contribution in [3.63, 3.8) is 0 Å². The van der Waals surface area contributed by atoms with E-state index in [9.17, 15) is 18.0 Å². The molecule has 0 radical (unpaired) electrons. The summed E-state index contributed by atoms with van der Waals surface area (Å²) in [6.07, 6.45) is 0.722. The summed E-state index contributed by atoms with van der Waals surface area (Å²) in [4.78, 5) is 28.3. The van der Waals surface area contributed by atoms with E-state index in [0.29, 0.717) is 10.0 Å². The quantitative estimate of drug-likeness (QED) is 0.264. The van der Waals surface area contributed by atoms with Crippen LogP contribution in [-0.2, 0) is 26.2 Å². The van der Waals surface area contributed by atoms with Gasteiger partial charge in [-0.2, -0.15) is 0 Å². The van der Waals surface area contributed by atoms with Crippen LogP contribution in [-0.4, -0.2) is 43.8 Å². The Morgan fingerprint density at radius 2 is 1.62 bits per heavy atom. The van der Waals surface area contributed by atoms with E-state index in [-0.39, 0.29) is 29.1 Å². The maximum atomic E-state index is 13.9. The molecule has 0 aliphatic rings. The van der Waals surface area contributed by atoms with Crippen molar-refractivity contribution in [1.29, 1.82) is 0 Å². The number of hydrogen-bond donors (Lipinski definition) is 1. The molecule has 0 aliphatic carbocycles. The molecular weight excluding hydrogens is 625 g/mol. The number of nitrogens with one attached hydrogen (secondary N) is 1. The van der Waals surface area contributed by atoms with Crippen LogP contribution in [0.2, 0.25) is 10.0 Å². The number of benzene rings is 3. The van der Waals surface area contributed by atoms with Crippen LogP contribution >= 0.6 is 39.1 Å². The highest BCUT2D eigenvalue weighted by atomic mass is 79.9. The Morgan fingerprint density at radius 1 is 0.949 bits per heavy atom. The first-order valence-corrected chi connectivity index (χ1v) is 15.3. The van der Waals surface area contributed by atoms with Crippen LogP contribution in [0.3, 0.4) is 0 Å². The molecular formula is C28H30BrCl2N3O4S. The second-order valence-corrected chi connectivity index (χ2v) is 12.7. The van der Waals surface area contributed by atoms with Crippen molar-refractivity contribution in [3.05, 3.63) is 92.9 Å². The molecule has 0 spiro atoms. The third kappa shape index (κ3) is 8.20. The monoisotopic (exact) mass is 653 g/mol. The van der Waals surface area contributed by atoms with Crippen LogP contribution < -0.4 is 9.62 Å². The standard InChI is InChI=1S/C28H30BrCl2N3O4S/c1-4-19(2)32-28(36)20(3)33(17-21-7-5-8-22(29)15-21)27(35)18-34(25-10-6-9-24(31)16-25)39(37,38)26-13-11-23(30)12-14-26/h5-16,19-20H,4,17-18H2,1-3H3,(H,32,36)/t19-,20-/m1/s1. The van der Waals surface area contributed by atoms with E-state index in [0.717, 1.165) is 20.8 Å². The molecule has 7 nitrogen and oxygen atoms in total. The molecule has 11 heteroatoms. The van der Waals surface area contributed by atoms with E-state index in [4.69, 9.17) is 23.2 Å². The average Bonchev–Trinajstić information content (AvgIpc) is 2.89. The minimum absolute atomic E-state index is 0.0409. The zero-order valence-electron chi connectivity index (χ0n) is 21.8. The van der Waals surface area contributed by atoms with Gasteiger partial charge in [0, 0.05) is 27.1 Å². The number of anilines is 1. The summed E-state index contributed by atoms with van der Waals surface area (Å²) in [7, 11) is -4.20. The Labute approximate surface area is 248 Å². The molecule has 1 N–H and O–H groups in total. The molecule has 0 fully saturated rings. The first kappa shape index (κ1) is 30.9. The summed E-state index contributed by atoms with van der Waals surface area (Å²) in [6.45, 7) is 5.00. The first-order chi connectivity index (χ1) is 18.4. The average molecular weight is 655 g/mol. The normalized spacial score (nSPS) is 12.9. The molecule has 0 bridgehead atoms. The lowest BCUT2D eigenvalue weighted by Crippen LogP contribution is -2.52. The molecule has 39 heavy (non-hydrogen) atoms. The molecule has 0 saturated heterocycles. The number of amides is 2. The van der Waals surface area contributed by atoms with Gasteiger partial charge in [0.1, 0.15) is 12.6 Å². The molecule has 0 saturated carbocycles. The van der Waals surface area contributed by atoms with Crippen molar-refractivity contribution in [2.45, 2.75) is 50.7 Å². The fourth-order valence-electron chi connectivity index (χ4n) is 3.77. The van der Waals surface area contributed by atoms with Gasteiger partial charge in [-0.1, -0.05) is 64.3 Å². The minimum atomic E-state index is -4.20. The number of carbonyl (C=O) groups is 2. The molecule has 0 unspecified atom stereocenters. The van der Waals surface area contributed by atoms with Gasteiger partial charge in [0.2, 0.25) is 11.8 Å². The Bertz CT molecular complexity index is 1420. The summed E-state index contributed by atoms with van der Waals surface area (Å²) in [5.41, 5.74) is 0.987. The molecule has 3 aromatic carbocycles. The topological polar surface area (TPSA) is 86.8 Å². The molecule has 2 atom stereocenters. The maximum absolute atomic E-state index is 13.9. The summed E-state index contributed by atoms with van der Waals surface area (Å²) in [5, 5.41) is 3.60. The van der Waals surface area contributed by atoms with Gasteiger partial charge in [0.15, 0.2) is 0 Å². The van der Waals surface area contributed by atoms with E-state index in [2.05, 4.69) is 21.2 Å². The van der Waals surface area contributed by atoms with Crippen LogP contribution in [0.1, 0.15) is 32.8 Å². The van der Waals surface area contributed by atoms with Crippen molar-refractivity contribution < 1.29 is 18.0 Å². The Balaban J connectivity index is 2.03. The van der Waals surface area contributed by atoms with Gasteiger partial charge in [-0.3, -0.25) is 13.9 Å². The fraction of sp³-hybridized carbons (Fsp3) is 0.286. The second kappa shape index (κ2) is 13.7. The van der Waals surface area contributed by atoms with Gasteiger partial charge in [0.05, 0.1) is 10.6 Å². The summed E-state index contributed by atoms with van der Waals surface area (Å²) >= 11 is 15.6. The second-order valence-electron chi connectivity index (χ2n) is 9.09. The Kier molecular flexibility index (Phi) is 10.8.